The van der Waals surface area contributed by atoms with Crippen molar-refractivity contribution in [2.24, 2.45) is 0 Å². The fourth-order valence-corrected chi connectivity index (χ4v) is 3.74. The summed E-state index contributed by atoms with van der Waals surface area (Å²) in [6, 6.07) is 23.8. The van der Waals surface area contributed by atoms with Gasteiger partial charge in [-0.3, -0.25) is 4.90 Å². The summed E-state index contributed by atoms with van der Waals surface area (Å²) in [7, 11) is 0. The summed E-state index contributed by atoms with van der Waals surface area (Å²) in [6.45, 7) is 2.56. The number of ether oxygens (including phenoxy) is 2. The summed E-state index contributed by atoms with van der Waals surface area (Å²) in [5, 5.41) is 20.1. The Morgan fingerprint density at radius 2 is 1.50 bits per heavy atom. The minimum atomic E-state index is -0.653. The summed E-state index contributed by atoms with van der Waals surface area (Å²) < 4.78 is 12.2. The molecule has 1 atom stereocenters. The fraction of sp³-hybridized carbons (Fsp3) is 0.280. The number of benzene rings is 3. The maximum absolute atomic E-state index is 10.7. The molecule has 0 saturated carbocycles. The minimum absolute atomic E-state index is 0.0561. The van der Waals surface area contributed by atoms with Crippen molar-refractivity contribution in [1.29, 1.82) is 0 Å². The molecule has 0 aliphatic carbocycles. The Morgan fingerprint density at radius 3 is 2.13 bits per heavy atom. The van der Waals surface area contributed by atoms with Crippen molar-refractivity contribution in [2.75, 3.05) is 19.7 Å². The Labute approximate surface area is 177 Å². The fourth-order valence-electron chi connectivity index (χ4n) is 3.74. The van der Waals surface area contributed by atoms with Crippen LogP contribution in [-0.2, 0) is 19.8 Å². The molecule has 1 aliphatic heterocycles. The van der Waals surface area contributed by atoms with E-state index in [0.29, 0.717) is 44.3 Å². The molecular formula is C25H27NO4. The molecule has 5 nitrogen and oxygen atoms in total. The SMILES string of the molecule is OCCN1Cc2c(OCc3ccccc3)cc(OCc3ccccc3)cc2C(O)C1. The van der Waals surface area contributed by atoms with Gasteiger partial charge in [-0.05, 0) is 22.8 Å². The predicted molar refractivity (Wildman–Crippen MR) is 115 cm³/mol. The average molecular weight is 405 g/mol. The predicted octanol–water partition coefficient (Wildman–Crippen LogP) is 3.69. The van der Waals surface area contributed by atoms with Crippen molar-refractivity contribution >= 4 is 0 Å². The van der Waals surface area contributed by atoms with Crippen LogP contribution in [0.5, 0.6) is 11.5 Å². The van der Waals surface area contributed by atoms with Crippen LogP contribution in [0.15, 0.2) is 72.8 Å². The largest absolute Gasteiger partial charge is 0.489 e. The molecular weight excluding hydrogens is 378 g/mol. The van der Waals surface area contributed by atoms with Gasteiger partial charge in [-0.15, -0.1) is 0 Å². The van der Waals surface area contributed by atoms with Crippen LogP contribution in [0, 0.1) is 0 Å². The van der Waals surface area contributed by atoms with Gasteiger partial charge in [0.2, 0.25) is 0 Å². The second-order valence-corrected chi connectivity index (χ2v) is 7.51. The van der Waals surface area contributed by atoms with E-state index < -0.39 is 6.10 Å². The molecule has 156 valence electrons. The molecule has 0 aromatic heterocycles. The zero-order valence-corrected chi connectivity index (χ0v) is 16.9. The Bertz CT molecular complexity index is 946. The Kier molecular flexibility index (Phi) is 6.64. The van der Waals surface area contributed by atoms with Gasteiger partial charge in [0.1, 0.15) is 24.7 Å². The van der Waals surface area contributed by atoms with E-state index in [4.69, 9.17) is 9.47 Å². The highest BCUT2D eigenvalue weighted by atomic mass is 16.5. The molecule has 30 heavy (non-hydrogen) atoms. The number of aliphatic hydroxyl groups excluding tert-OH is 2. The van der Waals surface area contributed by atoms with E-state index in [-0.39, 0.29) is 6.61 Å². The molecule has 0 saturated heterocycles. The molecule has 0 bridgehead atoms. The first-order chi connectivity index (χ1) is 14.7. The number of β-amino-alcohol motifs (C(OH)–C–C–N with tert-alkyl or cyclic N) is 2. The number of aliphatic hydroxyl groups is 2. The first kappa shape index (κ1) is 20.4. The zero-order chi connectivity index (χ0) is 20.8. The van der Waals surface area contributed by atoms with E-state index in [1.165, 1.54) is 0 Å². The van der Waals surface area contributed by atoms with Crippen molar-refractivity contribution < 1.29 is 19.7 Å². The number of hydrogen-bond donors (Lipinski definition) is 2. The van der Waals surface area contributed by atoms with Crippen LogP contribution in [0.1, 0.15) is 28.4 Å². The number of hydrogen-bond acceptors (Lipinski definition) is 5. The van der Waals surface area contributed by atoms with Gasteiger partial charge < -0.3 is 19.7 Å². The number of nitrogens with zero attached hydrogens (tertiary/aromatic N) is 1. The highest BCUT2D eigenvalue weighted by Crippen LogP contribution is 2.37. The zero-order valence-electron chi connectivity index (χ0n) is 16.9. The van der Waals surface area contributed by atoms with E-state index in [1.807, 2.05) is 77.7 Å². The summed E-state index contributed by atoms with van der Waals surface area (Å²) >= 11 is 0. The normalized spacial score (nSPS) is 16.1. The van der Waals surface area contributed by atoms with E-state index in [2.05, 4.69) is 0 Å². The average Bonchev–Trinajstić information content (AvgIpc) is 2.78. The lowest BCUT2D eigenvalue weighted by Crippen LogP contribution is -2.35. The first-order valence-electron chi connectivity index (χ1n) is 10.2. The van der Waals surface area contributed by atoms with E-state index in [0.717, 1.165) is 22.3 Å². The van der Waals surface area contributed by atoms with Gasteiger partial charge >= 0.3 is 0 Å². The molecule has 1 unspecified atom stereocenters. The first-order valence-corrected chi connectivity index (χ1v) is 10.2. The maximum atomic E-state index is 10.7. The van der Waals surface area contributed by atoms with Crippen molar-refractivity contribution in [3.63, 3.8) is 0 Å². The standard InChI is InChI=1S/C25H27NO4/c27-12-11-26-15-23-22(24(28)16-26)13-21(29-17-19-7-3-1-4-8-19)14-25(23)30-18-20-9-5-2-6-10-20/h1-10,13-14,24,27-28H,11-12,15-18H2. The van der Waals surface area contributed by atoms with E-state index >= 15 is 0 Å². The smallest absolute Gasteiger partial charge is 0.128 e. The number of fused-ring (bicyclic) bond motifs is 1. The summed E-state index contributed by atoms with van der Waals surface area (Å²) in [4.78, 5) is 2.03. The lowest BCUT2D eigenvalue weighted by Gasteiger charge is -2.33. The van der Waals surface area contributed by atoms with Crippen LogP contribution in [-0.4, -0.2) is 34.8 Å². The third kappa shape index (κ3) is 5.00. The van der Waals surface area contributed by atoms with Gasteiger partial charge in [0.05, 0.1) is 12.7 Å². The molecule has 3 aromatic carbocycles. The highest BCUT2D eigenvalue weighted by molar-refractivity contribution is 5.49. The summed E-state index contributed by atoms with van der Waals surface area (Å²) in [5.74, 6) is 1.39. The minimum Gasteiger partial charge on any atom is -0.489 e. The number of rotatable bonds is 8. The van der Waals surface area contributed by atoms with Crippen molar-refractivity contribution in [3.05, 3.63) is 95.1 Å². The molecule has 2 N–H and O–H groups in total. The monoisotopic (exact) mass is 405 g/mol. The Morgan fingerprint density at radius 1 is 0.867 bits per heavy atom. The lowest BCUT2D eigenvalue weighted by molar-refractivity contribution is 0.0783. The molecule has 5 heteroatoms. The van der Waals surface area contributed by atoms with Gasteiger partial charge in [0, 0.05) is 31.3 Å². The van der Waals surface area contributed by atoms with Crippen LogP contribution in [0.3, 0.4) is 0 Å². The topological polar surface area (TPSA) is 62.2 Å². The highest BCUT2D eigenvalue weighted by Gasteiger charge is 2.27. The Balaban J connectivity index is 1.59. The lowest BCUT2D eigenvalue weighted by atomic mass is 9.96. The molecule has 4 rings (SSSR count). The molecule has 1 heterocycles. The third-order valence-corrected chi connectivity index (χ3v) is 5.29. The maximum Gasteiger partial charge on any atom is 0.128 e. The molecule has 3 aromatic rings. The van der Waals surface area contributed by atoms with Crippen LogP contribution in [0.4, 0.5) is 0 Å². The van der Waals surface area contributed by atoms with Gasteiger partial charge in [-0.25, -0.2) is 0 Å². The van der Waals surface area contributed by atoms with Gasteiger partial charge in [0.15, 0.2) is 0 Å². The van der Waals surface area contributed by atoms with Crippen molar-refractivity contribution in [1.82, 2.24) is 4.90 Å². The molecule has 0 fully saturated rings. The molecule has 0 amide bonds. The van der Waals surface area contributed by atoms with Crippen LogP contribution < -0.4 is 9.47 Å². The molecule has 1 aliphatic rings. The summed E-state index contributed by atoms with van der Waals surface area (Å²) in [6.07, 6.45) is -0.653. The molecule has 0 spiro atoms. The molecule has 0 radical (unpaired) electrons. The van der Waals surface area contributed by atoms with Crippen LogP contribution >= 0.6 is 0 Å². The second-order valence-electron chi connectivity index (χ2n) is 7.51. The van der Waals surface area contributed by atoms with Crippen molar-refractivity contribution in [2.45, 2.75) is 25.9 Å². The third-order valence-electron chi connectivity index (χ3n) is 5.29. The quantitative estimate of drug-likeness (QED) is 0.599. The van der Waals surface area contributed by atoms with Crippen LogP contribution in [0.2, 0.25) is 0 Å². The Hall–Kier alpha value is -2.86. The van der Waals surface area contributed by atoms with E-state index in [9.17, 15) is 10.2 Å². The van der Waals surface area contributed by atoms with Gasteiger partial charge in [-0.1, -0.05) is 60.7 Å². The van der Waals surface area contributed by atoms with Crippen LogP contribution in [0.25, 0.3) is 0 Å². The van der Waals surface area contributed by atoms with Gasteiger partial charge in [-0.2, -0.15) is 0 Å². The van der Waals surface area contributed by atoms with Crippen molar-refractivity contribution in [3.8, 4) is 11.5 Å². The van der Waals surface area contributed by atoms with E-state index in [1.54, 1.807) is 0 Å². The van der Waals surface area contributed by atoms with Gasteiger partial charge in [0.25, 0.3) is 0 Å². The summed E-state index contributed by atoms with van der Waals surface area (Å²) in [5.41, 5.74) is 3.94. The second kappa shape index (κ2) is 9.76.